The molecule has 0 bridgehead atoms. The van der Waals surface area contributed by atoms with Crippen molar-refractivity contribution in [3.63, 3.8) is 0 Å². The van der Waals surface area contributed by atoms with Crippen LogP contribution in [-0.4, -0.2) is 31.9 Å². The molecule has 2 N–H and O–H groups in total. The van der Waals surface area contributed by atoms with E-state index in [0.29, 0.717) is 26.8 Å². The third kappa shape index (κ3) is 5.18. The molecule has 29 heavy (non-hydrogen) atoms. The number of benzene rings is 2. The molecule has 0 aliphatic heterocycles. The van der Waals surface area contributed by atoms with Crippen LogP contribution in [0.3, 0.4) is 0 Å². The van der Waals surface area contributed by atoms with Gasteiger partial charge < -0.3 is 10.4 Å². The van der Waals surface area contributed by atoms with Gasteiger partial charge in [0.15, 0.2) is 5.16 Å². The Hall–Kier alpha value is -2.35. The number of aryl methyl sites for hydroxylation is 1. The van der Waals surface area contributed by atoms with Crippen LogP contribution in [0.25, 0.3) is 10.9 Å². The van der Waals surface area contributed by atoms with Gasteiger partial charge in [0.25, 0.3) is 5.56 Å². The highest BCUT2D eigenvalue weighted by Gasteiger charge is 2.20. The smallest absolute Gasteiger partial charge is 0.262 e. The minimum absolute atomic E-state index is 0.0824. The Bertz CT molecular complexity index is 1100. The average Bonchev–Trinajstić information content (AvgIpc) is 2.66. The van der Waals surface area contributed by atoms with Crippen molar-refractivity contribution < 1.29 is 9.90 Å². The van der Waals surface area contributed by atoms with Crippen LogP contribution >= 0.6 is 23.4 Å². The van der Waals surface area contributed by atoms with Gasteiger partial charge in [-0.1, -0.05) is 41.1 Å². The molecular formula is C21H22ClN3O3S. The van der Waals surface area contributed by atoms with Crippen LogP contribution in [-0.2, 0) is 11.3 Å². The van der Waals surface area contributed by atoms with Crippen molar-refractivity contribution in [3.8, 4) is 0 Å². The van der Waals surface area contributed by atoms with E-state index in [1.807, 2.05) is 31.2 Å². The van der Waals surface area contributed by atoms with Crippen molar-refractivity contribution >= 4 is 45.9 Å². The summed E-state index contributed by atoms with van der Waals surface area (Å²) in [5.74, 6) is -0.206. The fraction of sp³-hybridized carbons (Fsp3) is 0.286. The first kappa shape index (κ1) is 21.4. The Morgan fingerprint density at radius 1 is 1.24 bits per heavy atom. The zero-order valence-electron chi connectivity index (χ0n) is 16.3. The maximum atomic E-state index is 12.9. The van der Waals surface area contributed by atoms with E-state index in [-0.39, 0.29) is 18.0 Å². The number of nitrogens with one attached hydrogen (secondary N) is 1. The van der Waals surface area contributed by atoms with E-state index in [1.54, 1.807) is 32.0 Å². The van der Waals surface area contributed by atoms with Gasteiger partial charge in [-0.25, -0.2) is 4.98 Å². The summed E-state index contributed by atoms with van der Waals surface area (Å²) in [5, 5.41) is 13.4. The summed E-state index contributed by atoms with van der Waals surface area (Å²) in [4.78, 5) is 30.1. The van der Waals surface area contributed by atoms with Gasteiger partial charge in [0.2, 0.25) is 5.91 Å². The first-order chi connectivity index (χ1) is 13.7. The third-order valence-corrected chi connectivity index (χ3v) is 5.62. The summed E-state index contributed by atoms with van der Waals surface area (Å²) in [6.07, 6.45) is -0.740. The molecule has 0 unspecified atom stereocenters. The maximum Gasteiger partial charge on any atom is 0.262 e. The van der Waals surface area contributed by atoms with Crippen molar-refractivity contribution in [1.29, 1.82) is 0 Å². The summed E-state index contributed by atoms with van der Waals surface area (Å²) in [5.41, 5.74) is 1.98. The number of amides is 1. The van der Waals surface area contributed by atoms with E-state index in [9.17, 15) is 14.7 Å². The van der Waals surface area contributed by atoms with Crippen molar-refractivity contribution in [2.45, 2.75) is 43.8 Å². The molecule has 0 radical (unpaired) electrons. The molecule has 1 aromatic heterocycles. The molecule has 2 aromatic carbocycles. The SMILES string of the molecule is Cc1ccc(NC(=O)[C@H](C)Sc2nc3cc(Cl)ccc3c(=O)n2C[C@H](C)O)cc1. The summed E-state index contributed by atoms with van der Waals surface area (Å²) >= 11 is 7.21. The number of hydrogen-bond donors (Lipinski definition) is 2. The van der Waals surface area contributed by atoms with E-state index in [2.05, 4.69) is 10.3 Å². The zero-order chi connectivity index (χ0) is 21.1. The van der Waals surface area contributed by atoms with Crippen molar-refractivity contribution in [3.05, 3.63) is 63.4 Å². The fourth-order valence-electron chi connectivity index (χ4n) is 2.78. The van der Waals surface area contributed by atoms with Gasteiger partial charge in [0, 0.05) is 10.7 Å². The summed E-state index contributed by atoms with van der Waals surface area (Å²) in [6, 6.07) is 12.4. The first-order valence-electron chi connectivity index (χ1n) is 9.17. The van der Waals surface area contributed by atoms with Crippen molar-refractivity contribution in [1.82, 2.24) is 9.55 Å². The highest BCUT2D eigenvalue weighted by molar-refractivity contribution is 8.00. The molecule has 0 aliphatic rings. The normalized spacial score (nSPS) is 13.3. The molecule has 0 fully saturated rings. The Morgan fingerprint density at radius 2 is 1.93 bits per heavy atom. The van der Waals surface area contributed by atoms with Gasteiger partial charge in [-0.05, 0) is 51.1 Å². The number of carbonyl (C=O) groups is 1. The number of fused-ring (bicyclic) bond motifs is 1. The van der Waals surface area contributed by atoms with Gasteiger partial charge in [0.05, 0.1) is 28.8 Å². The molecule has 0 aliphatic carbocycles. The van der Waals surface area contributed by atoms with E-state index in [1.165, 1.54) is 4.57 Å². The van der Waals surface area contributed by atoms with Crippen molar-refractivity contribution in [2.24, 2.45) is 0 Å². The highest BCUT2D eigenvalue weighted by atomic mass is 35.5. The van der Waals surface area contributed by atoms with E-state index >= 15 is 0 Å². The largest absolute Gasteiger partial charge is 0.392 e. The second-order valence-corrected chi connectivity index (χ2v) is 8.68. The lowest BCUT2D eigenvalue weighted by Gasteiger charge is -2.17. The Morgan fingerprint density at radius 3 is 2.59 bits per heavy atom. The predicted molar refractivity (Wildman–Crippen MR) is 118 cm³/mol. The molecule has 3 rings (SSSR count). The number of aromatic nitrogens is 2. The third-order valence-electron chi connectivity index (χ3n) is 4.30. The highest BCUT2D eigenvalue weighted by Crippen LogP contribution is 2.25. The molecule has 0 saturated carbocycles. The fourth-order valence-corrected chi connectivity index (χ4v) is 3.87. The van der Waals surface area contributed by atoms with E-state index in [0.717, 1.165) is 17.3 Å². The molecule has 0 saturated heterocycles. The van der Waals surface area contributed by atoms with E-state index in [4.69, 9.17) is 11.6 Å². The summed E-state index contributed by atoms with van der Waals surface area (Å²) in [6.45, 7) is 5.40. The van der Waals surface area contributed by atoms with Crippen LogP contribution < -0.4 is 10.9 Å². The van der Waals surface area contributed by atoms with Gasteiger partial charge in [0.1, 0.15) is 0 Å². The number of carbonyl (C=O) groups excluding carboxylic acids is 1. The lowest BCUT2D eigenvalue weighted by Crippen LogP contribution is -2.29. The van der Waals surface area contributed by atoms with E-state index < -0.39 is 11.4 Å². The average molecular weight is 432 g/mol. The summed E-state index contributed by atoms with van der Waals surface area (Å²) < 4.78 is 1.40. The quantitative estimate of drug-likeness (QED) is 0.457. The minimum Gasteiger partial charge on any atom is -0.392 e. The predicted octanol–water partition coefficient (Wildman–Crippen LogP) is 3.86. The number of rotatable bonds is 6. The Balaban J connectivity index is 1.91. The zero-order valence-corrected chi connectivity index (χ0v) is 17.9. The van der Waals surface area contributed by atoms with Crippen LogP contribution in [0, 0.1) is 6.92 Å². The molecule has 2 atom stereocenters. The molecule has 1 heterocycles. The van der Waals surface area contributed by atoms with Crippen LogP contribution in [0.15, 0.2) is 52.4 Å². The van der Waals surface area contributed by atoms with Crippen LogP contribution in [0.1, 0.15) is 19.4 Å². The minimum atomic E-state index is -0.740. The number of aliphatic hydroxyl groups excluding tert-OH is 1. The summed E-state index contributed by atoms with van der Waals surface area (Å²) in [7, 11) is 0. The number of halogens is 1. The Labute approximate surface area is 177 Å². The number of hydrogen-bond acceptors (Lipinski definition) is 5. The lowest BCUT2D eigenvalue weighted by atomic mass is 10.2. The molecular weight excluding hydrogens is 410 g/mol. The van der Waals surface area contributed by atoms with Gasteiger partial charge in [-0.15, -0.1) is 0 Å². The maximum absolute atomic E-state index is 12.9. The monoisotopic (exact) mass is 431 g/mol. The number of thioether (sulfide) groups is 1. The van der Waals surface area contributed by atoms with Gasteiger partial charge >= 0.3 is 0 Å². The number of nitrogens with zero attached hydrogens (tertiary/aromatic N) is 2. The first-order valence-corrected chi connectivity index (χ1v) is 10.4. The van der Waals surface area contributed by atoms with Crippen LogP contribution in [0.4, 0.5) is 5.69 Å². The molecule has 1 amide bonds. The molecule has 6 nitrogen and oxygen atoms in total. The molecule has 152 valence electrons. The second kappa shape index (κ2) is 8.98. The van der Waals surface area contributed by atoms with Crippen molar-refractivity contribution in [2.75, 3.05) is 5.32 Å². The lowest BCUT2D eigenvalue weighted by molar-refractivity contribution is -0.115. The Kier molecular flexibility index (Phi) is 6.62. The topological polar surface area (TPSA) is 84.2 Å². The number of aliphatic hydroxyl groups is 1. The van der Waals surface area contributed by atoms with Gasteiger partial charge in [-0.3, -0.25) is 14.2 Å². The molecule has 0 spiro atoms. The van der Waals surface area contributed by atoms with Gasteiger partial charge in [-0.2, -0.15) is 0 Å². The molecule has 8 heteroatoms. The second-order valence-electron chi connectivity index (χ2n) is 6.94. The number of anilines is 1. The van der Waals surface area contributed by atoms with Crippen LogP contribution in [0.2, 0.25) is 5.02 Å². The van der Waals surface area contributed by atoms with Crippen LogP contribution in [0.5, 0.6) is 0 Å². The molecule has 3 aromatic rings. The standard InChI is InChI=1S/C21H22ClN3O3S/c1-12-4-7-16(8-5-12)23-19(27)14(3)29-21-24-18-10-15(22)6-9-17(18)20(28)25(21)11-13(2)26/h4-10,13-14,26H,11H2,1-3H3,(H,23,27)/t13-,14-/m0/s1.